The van der Waals surface area contributed by atoms with Crippen molar-refractivity contribution in [3.05, 3.63) is 71.4 Å². The summed E-state index contributed by atoms with van der Waals surface area (Å²) in [4.78, 5) is 0. The van der Waals surface area contributed by atoms with Gasteiger partial charge in [-0.15, -0.1) is 0 Å². The highest BCUT2D eigenvalue weighted by molar-refractivity contribution is 5.43. The van der Waals surface area contributed by atoms with Crippen molar-refractivity contribution in [3.63, 3.8) is 0 Å². The van der Waals surface area contributed by atoms with Crippen LogP contribution >= 0.6 is 0 Å². The largest absolute Gasteiger partial charge is 0.462 e. The van der Waals surface area contributed by atoms with Crippen LogP contribution in [0.15, 0.2) is 71.4 Å². The summed E-state index contributed by atoms with van der Waals surface area (Å²) in [5.41, 5.74) is 1.74. The van der Waals surface area contributed by atoms with Gasteiger partial charge < -0.3 is 15.4 Å². The van der Waals surface area contributed by atoms with Crippen LogP contribution in [0.25, 0.3) is 0 Å². The van der Waals surface area contributed by atoms with Crippen molar-refractivity contribution in [1.82, 2.24) is 10.6 Å². The van der Waals surface area contributed by atoms with E-state index in [1.165, 1.54) is 6.08 Å². The second kappa shape index (κ2) is 6.97. The molecule has 1 aliphatic heterocycles. The Morgan fingerprint density at radius 3 is 2.77 bits per heavy atom. The predicted octanol–water partition coefficient (Wildman–Crippen LogP) is 2.83. The Labute approximate surface area is 131 Å². The first-order chi connectivity index (χ1) is 10.6. The van der Waals surface area contributed by atoms with Gasteiger partial charge >= 0.3 is 0 Å². The van der Waals surface area contributed by atoms with Crippen molar-refractivity contribution in [2.24, 2.45) is 0 Å². The first kappa shape index (κ1) is 15.9. The van der Waals surface area contributed by atoms with Crippen LogP contribution in [0.4, 0.5) is 0 Å². The maximum absolute atomic E-state index is 8.78. The molecule has 2 N–H and O–H groups in total. The number of rotatable bonds is 4. The van der Waals surface area contributed by atoms with Crippen molar-refractivity contribution in [1.29, 1.82) is 5.26 Å². The number of hydrogen-bond acceptors (Lipinski definition) is 4. The van der Waals surface area contributed by atoms with Gasteiger partial charge in [0.05, 0.1) is 11.6 Å². The summed E-state index contributed by atoms with van der Waals surface area (Å²) in [7, 11) is 3.85. The fourth-order valence-electron chi connectivity index (χ4n) is 2.39. The molecular weight excluding hydrogens is 274 g/mol. The molecule has 0 amide bonds. The first-order valence-electron chi connectivity index (χ1n) is 7.24. The maximum atomic E-state index is 8.78. The second-order valence-electron chi connectivity index (χ2n) is 5.25. The van der Waals surface area contributed by atoms with E-state index in [-0.39, 0.29) is 5.54 Å². The lowest BCUT2D eigenvalue weighted by Gasteiger charge is -2.29. The smallest absolute Gasteiger partial charge is 0.127 e. The van der Waals surface area contributed by atoms with E-state index in [0.717, 1.165) is 29.2 Å². The molecular formula is C18H21N3O. The summed E-state index contributed by atoms with van der Waals surface area (Å²) >= 11 is 0. The zero-order chi connectivity index (χ0) is 16.0. The quantitative estimate of drug-likeness (QED) is 0.783. The number of nitriles is 1. The van der Waals surface area contributed by atoms with Gasteiger partial charge in [-0.2, -0.15) is 5.26 Å². The minimum absolute atomic E-state index is 0.223. The lowest BCUT2D eigenvalue weighted by atomic mass is 9.89. The van der Waals surface area contributed by atoms with Gasteiger partial charge in [0.1, 0.15) is 11.5 Å². The summed E-state index contributed by atoms with van der Waals surface area (Å²) in [5, 5.41) is 15.3. The third-order valence-electron chi connectivity index (χ3n) is 3.71. The van der Waals surface area contributed by atoms with E-state index in [9.17, 15) is 0 Å². The highest BCUT2D eigenvalue weighted by atomic mass is 16.5. The van der Waals surface area contributed by atoms with Crippen molar-refractivity contribution in [2.75, 3.05) is 14.1 Å². The average Bonchev–Trinajstić information content (AvgIpc) is 2.53. The molecule has 4 heteroatoms. The molecule has 0 saturated carbocycles. The third-order valence-corrected chi connectivity index (χ3v) is 3.71. The third kappa shape index (κ3) is 3.78. The van der Waals surface area contributed by atoms with E-state index in [4.69, 9.17) is 10.00 Å². The Hall–Kier alpha value is -2.51. The predicted molar refractivity (Wildman–Crippen MR) is 88.5 cm³/mol. The molecule has 0 aromatic carbocycles. The van der Waals surface area contributed by atoms with Gasteiger partial charge in [0, 0.05) is 18.8 Å². The molecule has 22 heavy (non-hydrogen) atoms. The molecule has 2 rings (SSSR count). The molecule has 0 spiro atoms. The number of allylic oxidation sites excluding steroid dienone is 7. The van der Waals surface area contributed by atoms with E-state index < -0.39 is 0 Å². The highest BCUT2D eigenvalue weighted by Crippen LogP contribution is 2.24. The molecule has 1 heterocycles. The highest BCUT2D eigenvalue weighted by Gasteiger charge is 2.23. The Balaban J connectivity index is 2.18. The van der Waals surface area contributed by atoms with E-state index in [2.05, 4.69) is 34.9 Å². The Kier molecular flexibility index (Phi) is 5.03. The number of nitrogens with zero attached hydrogens (tertiary/aromatic N) is 1. The zero-order valence-corrected chi connectivity index (χ0v) is 13.2. The van der Waals surface area contributed by atoms with Crippen LogP contribution in [0.3, 0.4) is 0 Å². The molecule has 0 radical (unpaired) electrons. The van der Waals surface area contributed by atoms with Crippen molar-refractivity contribution < 1.29 is 4.74 Å². The molecule has 0 aromatic heterocycles. The maximum Gasteiger partial charge on any atom is 0.127 e. The zero-order valence-electron chi connectivity index (χ0n) is 13.2. The van der Waals surface area contributed by atoms with Gasteiger partial charge in [0.15, 0.2) is 0 Å². The monoisotopic (exact) mass is 295 g/mol. The van der Waals surface area contributed by atoms with Gasteiger partial charge in [0.2, 0.25) is 0 Å². The molecule has 0 aromatic rings. The Morgan fingerprint density at radius 2 is 2.18 bits per heavy atom. The molecule has 4 nitrogen and oxygen atoms in total. The summed E-state index contributed by atoms with van der Waals surface area (Å²) < 4.78 is 5.69. The van der Waals surface area contributed by atoms with Crippen molar-refractivity contribution >= 4 is 0 Å². The van der Waals surface area contributed by atoms with Gasteiger partial charge in [-0.1, -0.05) is 18.2 Å². The molecule has 114 valence electrons. The van der Waals surface area contributed by atoms with Crippen molar-refractivity contribution in [2.45, 2.75) is 18.9 Å². The summed E-state index contributed by atoms with van der Waals surface area (Å²) in [6.07, 6.45) is 16.4. The van der Waals surface area contributed by atoms with Crippen LogP contribution in [0.1, 0.15) is 13.3 Å². The normalized spacial score (nSPS) is 26.1. The first-order valence-corrected chi connectivity index (χ1v) is 7.24. The number of nitrogens with one attached hydrogen (secondary N) is 2. The minimum Gasteiger partial charge on any atom is -0.462 e. The Morgan fingerprint density at radius 1 is 1.36 bits per heavy atom. The van der Waals surface area contributed by atoms with Crippen LogP contribution in [0.2, 0.25) is 0 Å². The molecule has 2 aliphatic rings. The van der Waals surface area contributed by atoms with E-state index in [1.807, 2.05) is 45.3 Å². The molecule has 0 saturated heterocycles. The van der Waals surface area contributed by atoms with Crippen LogP contribution < -0.4 is 10.6 Å². The van der Waals surface area contributed by atoms with E-state index in [0.29, 0.717) is 0 Å². The Bertz CT molecular complexity index is 656. The lowest BCUT2D eigenvalue weighted by Crippen LogP contribution is -2.40. The fourth-order valence-corrected chi connectivity index (χ4v) is 2.39. The van der Waals surface area contributed by atoms with Gasteiger partial charge in [0.25, 0.3) is 0 Å². The SMILES string of the molecule is CNC1=CCC(C=CC2=CC(=CC#N)C=C(C)O2)(NC)C=C1. The lowest BCUT2D eigenvalue weighted by molar-refractivity contribution is 0.317. The summed E-state index contributed by atoms with van der Waals surface area (Å²) in [6, 6.07) is 2.04. The van der Waals surface area contributed by atoms with Crippen LogP contribution in [0, 0.1) is 11.3 Å². The molecule has 0 bridgehead atoms. The van der Waals surface area contributed by atoms with E-state index in [1.54, 1.807) is 0 Å². The summed E-state index contributed by atoms with van der Waals surface area (Å²) in [5.74, 6) is 1.51. The van der Waals surface area contributed by atoms with Gasteiger partial charge in [-0.3, -0.25) is 0 Å². The molecule has 1 aliphatic carbocycles. The number of hydrogen-bond donors (Lipinski definition) is 2. The minimum atomic E-state index is -0.223. The van der Waals surface area contributed by atoms with Crippen molar-refractivity contribution in [3.8, 4) is 6.07 Å². The average molecular weight is 295 g/mol. The standard InChI is InChI=1S/C18H21N3O/c1-14-12-15(7-11-19)13-17(22-14)6-10-18(21-3)8-4-16(20-2)5-9-18/h4-8,10,12-13,20-21H,9H2,1-3H3. The second-order valence-corrected chi connectivity index (χ2v) is 5.25. The molecule has 0 fully saturated rings. The number of likely N-dealkylation sites (N-methyl/N-ethyl adjacent to an activating group) is 2. The fraction of sp³-hybridized carbons (Fsp3) is 0.278. The molecule has 1 unspecified atom stereocenters. The van der Waals surface area contributed by atoms with Crippen LogP contribution in [-0.2, 0) is 4.74 Å². The molecule has 1 atom stereocenters. The van der Waals surface area contributed by atoms with E-state index >= 15 is 0 Å². The summed E-state index contributed by atoms with van der Waals surface area (Å²) in [6.45, 7) is 1.88. The number of ether oxygens (including phenoxy) is 1. The topological polar surface area (TPSA) is 57.1 Å². The van der Waals surface area contributed by atoms with Crippen LogP contribution in [-0.4, -0.2) is 19.6 Å². The van der Waals surface area contributed by atoms with Crippen LogP contribution in [0.5, 0.6) is 0 Å². The van der Waals surface area contributed by atoms with Gasteiger partial charge in [-0.25, -0.2) is 0 Å². The van der Waals surface area contributed by atoms with Gasteiger partial charge in [-0.05, 0) is 50.3 Å².